The third kappa shape index (κ3) is 43.8. The van der Waals surface area contributed by atoms with Crippen LogP contribution in [0.1, 0.15) is 120 Å². The van der Waals surface area contributed by atoms with E-state index in [2.05, 4.69) is 97.5 Å². The van der Waals surface area contributed by atoms with Crippen molar-refractivity contribution in [2.45, 2.75) is 126 Å². The van der Waals surface area contributed by atoms with Crippen molar-refractivity contribution in [1.82, 2.24) is 16.0 Å². The van der Waals surface area contributed by atoms with E-state index in [9.17, 15) is 14.4 Å². The molecule has 10 heteroatoms. The molecule has 0 heterocycles. The molecule has 0 saturated carbocycles. The first-order chi connectivity index (χ1) is 25.7. The van der Waals surface area contributed by atoms with Crippen molar-refractivity contribution in [3.63, 3.8) is 0 Å². The second-order valence-corrected chi connectivity index (χ2v) is 14.5. The smallest absolute Gasteiger partial charge is 0.249 e. The zero-order chi connectivity index (χ0) is 40.9. The normalized spacial score (nSPS) is 12.1. The third-order valence-electron chi connectivity index (χ3n) is 6.35. The molecule has 0 radical (unpaired) electrons. The Balaban J connectivity index is -0.00000159. The number of rotatable bonds is 28. The maximum atomic E-state index is 12.4. The monoisotopic (exact) mass is 782 g/mol. The number of methoxy groups -OCH3 is 2. The molecule has 0 saturated heterocycles. The van der Waals surface area contributed by atoms with Crippen molar-refractivity contribution >= 4 is 39.3 Å². The highest BCUT2D eigenvalue weighted by Crippen LogP contribution is 2.23. The molecule has 0 aromatic carbocycles. The van der Waals surface area contributed by atoms with Crippen LogP contribution in [-0.4, -0.2) is 75.8 Å². The third-order valence-corrected chi connectivity index (χ3v) is 8.76. The highest BCUT2D eigenvalue weighted by Gasteiger charge is 2.35. The molecule has 0 aromatic rings. The Hall–Kier alpha value is -2.53. The van der Waals surface area contributed by atoms with Gasteiger partial charge in [0.1, 0.15) is 6.10 Å². The van der Waals surface area contributed by atoms with Crippen LogP contribution in [0.15, 0.2) is 72.9 Å². The molecule has 53 heavy (non-hydrogen) atoms. The summed E-state index contributed by atoms with van der Waals surface area (Å²) in [7, 11) is 6.39. The molecule has 0 aliphatic rings. The number of hydrogen-bond acceptors (Lipinski definition) is 7. The maximum absolute atomic E-state index is 12.4. The van der Waals surface area contributed by atoms with E-state index in [-0.39, 0.29) is 30.7 Å². The van der Waals surface area contributed by atoms with Crippen LogP contribution in [0.2, 0.25) is 0 Å². The highest BCUT2D eigenvalue weighted by molar-refractivity contribution is 8.76. The van der Waals surface area contributed by atoms with Gasteiger partial charge in [0.25, 0.3) is 0 Å². The minimum atomic E-state index is -0.662. The fourth-order valence-corrected chi connectivity index (χ4v) is 5.89. The van der Waals surface area contributed by atoms with Gasteiger partial charge in [0.2, 0.25) is 17.7 Å². The topological polar surface area (TPSA) is 106 Å². The van der Waals surface area contributed by atoms with Gasteiger partial charge in [-0.25, -0.2) is 0 Å². The molecule has 0 rings (SSSR count). The zero-order valence-electron chi connectivity index (χ0n) is 35.5. The molecule has 0 fully saturated rings. The molecule has 3 N–H and O–H groups in total. The molecular weight excluding hydrogens is 703 g/mol. The summed E-state index contributed by atoms with van der Waals surface area (Å²) in [5.74, 6) is 1.20. The van der Waals surface area contributed by atoms with Gasteiger partial charge in [-0.2, -0.15) is 0 Å². The number of allylic oxidation sites excluding steroid dienone is 11. The first-order valence-corrected chi connectivity index (χ1v) is 22.2. The van der Waals surface area contributed by atoms with Crippen LogP contribution in [0.5, 0.6) is 0 Å². The lowest BCUT2D eigenvalue weighted by atomic mass is 9.86. The van der Waals surface area contributed by atoms with Crippen molar-refractivity contribution in [2.24, 2.45) is 5.41 Å². The van der Waals surface area contributed by atoms with Gasteiger partial charge >= 0.3 is 0 Å². The standard InChI is InChI=1S/C36H59N3O5S2.C3H8.2C2H6/c1-6-7-8-9-10-11-12-13-14-15-16-17-18-19-20-21-22-23-24-32(40)37-27-29-45-46-30-28-38-33(41)25-26-39-35(42)34(44-5)36(2,3)31-43-4;1-3-2;2*1-2/h7-8,10-11,13-14,16-17,19-20,22-23,34H,6,9,12,15,18,21,24-31H2,1-5H3,(H,37,40)(H,38,41)(H,39,42);3H2,1-2H3;2*1-2H3/b8-7-,11-10-,14-13-,17-16-,20-19-,23-22-;;;/t34-;;;/m0.../s1. The minimum absolute atomic E-state index is 0.0177. The number of hydrogen-bond donors (Lipinski definition) is 3. The fourth-order valence-electron chi connectivity index (χ4n) is 4.08. The predicted octanol–water partition coefficient (Wildman–Crippen LogP) is 10.4. The second-order valence-electron chi connectivity index (χ2n) is 11.7. The summed E-state index contributed by atoms with van der Waals surface area (Å²) in [6, 6.07) is 0. The minimum Gasteiger partial charge on any atom is -0.384 e. The Kier molecular flexibility index (Phi) is 51.3. The van der Waals surface area contributed by atoms with Gasteiger partial charge in [-0.1, -0.05) is 163 Å². The first-order valence-electron chi connectivity index (χ1n) is 19.7. The molecule has 0 aliphatic carbocycles. The van der Waals surface area contributed by atoms with Crippen molar-refractivity contribution in [3.8, 4) is 0 Å². The Labute approximate surface area is 334 Å². The average molecular weight is 782 g/mol. The van der Waals surface area contributed by atoms with E-state index in [1.54, 1.807) is 28.7 Å². The van der Waals surface area contributed by atoms with Crippen LogP contribution in [0.3, 0.4) is 0 Å². The van der Waals surface area contributed by atoms with Gasteiger partial charge in [-0.05, 0) is 38.5 Å². The van der Waals surface area contributed by atoms with Crippen molar-refractivity contribution in [1.29, 1.82) is 0 Å². The molecule has 3 amide bonds. The van der Waals surface area contributed by atoms with Crippen molar-refractivity contribution in [2.75, 3.05) is 52.0 Å². The van der Waals surface area contributed by atoms with Crippen LogP contribution in [0.4, 0.5) is 0 Å². The molecule has 0 spiro atoms. The second kappa shape index (κ2) is 47.5. The first kappa shape index (κ1) is 57.2. The average Bonchev–Trinajstić information content (AvgIpc) is 3.14. The van der Waals surface area contributed by atoms with E-state index in [1.165, 1.54) is 13.5 Å². The van der Waals surface area contributed by atoms with Gasteiger partial charge in [0.15, 0.2) is 0 Å². The van der Waals surface area contributed by atoms with Crippen LogP contribution in [-0.2, 0) is 23.9 Å². The number of carbonyl (C=O) groups excluding carboxylic acids is 3. The Morgan fingerprint density at radius 1 is 0.604 bits per heavy atom. The molecule has 8 nitrogen and oxygen atoms in total. The number of ether oxygens (including phenoxy) is 2. The molecule has 1 atom stereocenters. The SMILES string of the molecule is CC.CC.CC/C=C\C/C=C\C/C=C\C/C=C\C/C=C\C/C=C\CC(=O)NCCSSCCNC(=O)CCNC(=O)[C@H](OC)C(C)(C)COC.CCC. The largest absolute Gasteiger partial charge is 0.384 e. The van der Waals surface area contributed by atoms with Gasteiger partial charge in [0.05, 0.1) is 6.61 Å². The van der Waals surface area contributed by atoms with E-state index in [0.29, 0.717) is 26.1 Å². The van der Waals surface area contributed by atoms with Crippen LogP contribution < -0.4 is 16.0 Å². The van der Waals surface area contributed by atoms with E-state index in [0.717, 1.165) is 50.0 Å². The van der Waals surface area contributed by atoms with E-state index in [1.807, 2.05) is 53.7 Å². The number of carbonyl (C=O) groups is 3. The maximum Gasteiger partial charge on any atom is 0.249 e. The van der Waals surface area contributed by atoms with E-state index >= 15 is 0 Å². The lowest BCUT2D eigenvalue weighted by Gasteiger charge is -2.31. The van der Waals surface area contributed by atoms with E-state index in [4.69, 9.17) is 9.47 Å². The summed E-state index contributed by atoms with van der Waals surface area (Å²) >= 11 is 0. The summed E-state index contributed by atoms with van der Waals surface area (Å²) < 4.78 is 10.5. The van der Waals surface area contributed by atoms with Gasteiger partial charge in [-0.15, -0.1) is 0 Å². The number of nitrogens with one attached hydrogen (secondary N) is 3. The zero-order valence-corrected chi connectivity index (χ0v) is 37.1. The molecule has 308 valence electrons. The lowest BCUT2D eigenvalue weighted by Crippen LogP contribution is -2.47. The van der Waals surface area contributed by atoms with Crippen LogP contribution in [0.25, 0.3) is 0 Å². The summed E-state index contributed by atoms with van der Waals surface area (Å²) in [6.45, 7) is 20.0. The number of amides is 3. The molecule has 0 bridgehead atoms. The quantitative estimate of drug-likeness (QED) is 0.0412. The predicted molar refractivity (Wildman–Crippen MR) is 237 cm³/mol. The van der Waals surface area contributed by atoms with Crippen LogP contribution >= 0.6 is 21.6 Å². The van der Waals surface area contributed by atoms with Crippen molar-refractivity contribution < 1.29 is 23.9 Å². The molecule has 0 aliphatic heterocycles. The Morgan fingerprint density at radius 3 is 1.40 bits per heavy atom. The lowest BCUT2D eigenvalue weighted by molar-refractivity contribution is -0.140. The van der Waals surface area contributed by atoms with Gasteiger partial charge in [-0.3, -0.25) is 14.4 Å². The highest BCUT2D eigenvalue weighted by atomic mass is 33.1. The summed E-state index contributed by atoms with van der Waals surface area (Å²) in [5.41, 5.74) is -0.484. The molecule has 0 aromatic heterocycles. The van der Waals surface area contributed by atoms with Crippen LogP contribution in [0, 0.1) is 5.41 Å². The van der Waals surface area contributed by atoms with E-state index < -0.39 is 11.5 Å². The Morgan fingerprint density at radius 2 is 1.00 bits per heavy atom. The molecular formula is C43H79N3O5S2. The fraction of sp³-hybridized carbons (Fsp3) is 0.651. The van der Waals surface area contributed by atoms with Gasteiger partial charge in [0, 0.05) is 63.6 Å². The van der Waals surface area contributed by atoms with Crippen molar-refractivity contribution in [3.05, 3.63) is 72.9 Å². The molecule has 0 unspecified atom stereocenters. The summed E-state index contributed by atoms with van der Waals surface area (Å²) in [6.07, 6.45) is 32.7. The van der Waals surface area contributed by atoms with Gasteiger partial charge < -0.3 is 25.4 Å². The Bertz CT molecular complexity index is 1010. The summed E-state index contributed by atoms with van der Waals surface area (Å²) in [5, 5.41) is 8.55. The summed E-state index contributed by atoms with van der Waals surface area (Å²) in [4.78, 5) is 36.4.